The molecule has 1 rings (SSSR count). The zero-order chi connectivity index (χ0) is 8.27. The van der Waals surface area contributed by atoms with Gasteiger partial charge in [-0.05, 0) is 12.1 Å². The normalized spacial score (nSPS) is 9.73. The van der Waals surface area contributed by atoms with Gasteiger partial charge in [0.15, 0.2) is 0 Å². The van der Waals surface area contributed by atoms with Crippen molar-refractivity contribution >= 4 is 38.5 Å². The van der Waals surface area contributed by atoms with Crippen LogP contribution in [0, 0.1) is 0 Å². The van der Waals surface area contributed by atoms with Crippen molar-refractivity contribution in [3.63, 3.8) is 0 Å². The molecule has 0 atom stereocenters. The lowest BCUT2D eigenvalue weighted by Crippen LogP contribution is -1.88. The van der Waals surface area contributed by atoms with Gasteiger partial charge in [-0.15, -0.1) is 0 Å². The van der Waals surface area contributed by atoms with Gasteiger partial charge in [0.25, 0.3) is 0 Å². The monoisotopic (exact) mass is 326 g/mol. The van der Waals surface area contributed by atoms with Crippen molar-refractivity contribution in [3.05, 3.63) is 28.2 Å². The molecule has 60 valence electrons. The van der Waals surface area contributed by atoms with E-state index < -0.39 is 0 Å². The summed E-state index contributed by atoms with van der Waals surface area (Å²) < 4.78 is 7.22. The van der Waals surface area contributed by atoms with Crippen LogP contribution in [-0.4, -0.2) is 7.11 Å². The highest BCUT2D eigenvalue weighted by Gasteiger charge is 2.00. The molecule has 0 aliphatic carbocycles. The minimum absolute atomic E-state index is 0.953. The molecule has 0 heterocycles. The molecule has 0 unspecified atom stereocenters. The number of ether oxygens (including phenoxy) is 1. The Balaban J connectivity index is 3.06. The highest BCUT2D eigenvalue weighted by atomic mass is 127. The van der Waals surface area contributed by atoms with Gasteiger partial charge in [0.2, 0.25) is 0 Å². The molecule has 0 fully saturated rings. The van der Waals surface area contributed by atoms with Gasteiger partial charge in [-0.2, -0.15) is 0 Å². The Labute approximate surface area is 88.4 Å². The molecular weight excluding hydrogens is 319 g/mol. The Kier molecular flexibility index (Phi) is 3.65. The average Bonchev–Trinajstić information content (AvgIpc) is 2.04. The summed E-state index contributed by atoms with van der Waals surface area (Å²) in [7, 11) is 1.69. The molecule has 0 aromatic heterocycles. The summed E-state index contributed by atoms with van der Waals surface area (Å²) in [5.74, 6) is 0.953. The van der Waals surface area contributed by atoms with Crippen LogP contribution in [0.3, 0.4) is 0 Å². The largest absolute Gasteiger partial charge is 0.496 e. The van der Waals surface area contributed by atoms with Crippen molar-refractivity contribution in [3.8, 4) is 5.75 Å². The lowest BCUT2D eigenvalue weighted by Gasteiger charge is -2.05. The van der Waals surface area contributed by atoms with Crippen LogP contribution >= 0.6 is 38.5 Å². The van der Waals surface area contributed by atoms with Crippen LogP contribution < -0.4 is 4.74 Å². The fraction of sp³-hybridized carbons (Fsp3) is 0.250. The lowest BCUT2D eigenvalue weighted by molar-refractivity contribution is 0.411. The topological polar surface area (TPSA) is 9.23 Å². The highest BCUT2D eigenvalue weighted by molar-refractivity contribution is 14.1. The zero-order valence-electron chi connectivity index (χ0n) is 6.10. The van der Waals surface area contributed by atoms with Gasteiger partial charge in [-0.3, -0.25) is 0 Å². The van der Waals surface area contributed by atoms with Gasteiger partial charge in [0, 0.05) is 14.5 Å². The molecule has 11 heavy (non-hydrogen) atoms. The van der Waals surface area contributed by atoms with Crippen LogP contribution in [-0.2, 0) is 4.43 Å². The van der Waals surface area contributed by atoms with E-state index in [9.17, 15) is 0 Å². The number of halogens is 2. The number of hydrogen-bond acceptors (Lipinski definition) is 1. The molecule has 1 nitrogen and oxygen atoms in total. The van der Waals surface area contributed by atoms with Crippen molar-refractivity contribution < 1.29 is 4.74 Å². The maximum absolute atomic E-state index is 5.18. The second kappa shape index (κ2) is 4.30. The van der Waals surface area contributed by atoms with Gasteiger partial charge < -0.3 is 4.74 Å². The smallest absolute Gasteiger partial charge is 0.123 e. The third-order valence-electron chi connectivity index (χ3n) is 1.39. The fourth-order valence-electron chi connectivity index (χ4n) is 0.829. The van der Waals surface area contributed by atoms with Gasteiger partial charge in [-0.1, -0.05) is 44.6 Å². The number of rotatable bonds is 2. The van der Waals surface area contributed by atoms with Crippen LogP contribution in [0.1, 0.15) is 5.56 Å². The molecule has 1 aromatic rings. The van der Waals surface area contributed by atoms with E-state index in [-0.39, 0.29) is 0 Å². The van der Waals surface area contributed by atoms with E-state index in [4.69, 9.17) is 4.74 Å². The summed E-state index contributed by atoms with van der Waals surface area (Å²) in [6.07, 6.45) is 0. The van der Waals surface area contributed by atoms with E-state index in [0.29, 0.717) is 0 Å². The van der Waals surface area contributed by atoms with E-state index in [1.807, 2.05) is 12.1 Å². The minimum atomic E-state index is 0.953. The molecule has 0 amide bonds. The maximum Gasteiger partial charge on any atom is 0.123 e. The van der Waals surface area contributed by atoms with E-state index in [1.165, 1.54) is 5.56 Å². The molecular formula is C8H8BrIO. The summed E-state index contributed by atoms with van der Waals surface area (Å²) in [5.41, 5.74) is 1.23. The van der Waals surface area contributed by atoms with E-state index >= 15 is 0 Å². The van der Waals surface area contributed by atoms with Gasteiger partial charge in [-0.25, -0.2) is 0 Å². The first-order valence-electron chi connectivity index (χ1n) is 3.16. The first-order valence-corrected chi connectivity index (χ1v) is 5.48. The Morgan fingerprint density at radius 3 is 2.82 bits per heavy atom. The molecule has 1 aromatic carbocycles. The van der Waals surface area contributed by atoms with Crippen molar-refractivity contribution in [2.45, 2.75) is 4.43 Å². The first-order chi connectivity index (χ1) is 5.27. The van der Waals surface area contributed by atoms with E-state index in [0.717, 1.165) is 14.6 Å². The quantitative estimate of drug-likeness (QED) is 0.598. The average molecular weight is 327 g/mol. The van der Waals surface area contributed by atoms with Gasteiger partial charge >= 0.3 is 0 Å². The van der Waals surface area contributed by atoms with Crippen molar-refractivity contribution in [2.24, 2.45) is 0 Å². The minimum Gasteiger partial charge on any atom is -0.496 e. The predicted molar refractivity (Wildman–Crippen MR) is 58.4 cm³/mol. The predicted octanol–water partition coefficient (Wildman–Crippen LogP) is 3.39. The van der Waals surface area contributed by atoms with Crippen LogP contribution in [0.5, 0.6) is 5.75 Å². The summed E-state index contributed by atoms with van der Waals surface area (Å²) in [6, 6.07) is 6.07. The Bertz CT molecular complexity index is 250. The highest BCUT2D eigenvalue weighted by Crippen LogP contribution is 2.24. The summed E-state index contributed by atoms with van der Waals surface area (Å²) in [4.78, 5) is 0. The Morgan fingerprint density at radius 2 is 2.27 bits per heavy atom. The SMILES string of the molecule is COc1cc(Br)ccc1CI. The third kappa shape index (κ3) is 2.33. The Hall–Kier alpha value is 0.230. The van der Waals surface area contributed by atoms with Crippen LogP contribution in [0.4, 0.5) is 0 Å². The molecule has 0 aliphatic rings. The van der Waals surface area contributed by atoms with E-state index in [1.54, 1.807) is 7.11 Å². The molecule has 0 saturated heterocycles. The second-order valence-corrected chi connectivity index (χ2v) is 3.77. The van der Waals surface area contributed by atoms with Gasteiger partial charge in [0.1, 0.15) is 5.75 Å². The Morgan fingerprint density at radius 1 is 1.55 bits per heavy atom. The fourth-order valence-corrected chi connectivity index (χ4v) is 1.80. The van der Waals surface area contributed by atoms with Crippen molar-refractivity contribution in [1.82, 2.24) is 0 Å². The molecule has 0 radical (unpaired) electrons. The van der Waals surface area contributed by atoms with Crippen LogP contribution in [0.2, 0.25) is 0 Å². The number of benzene rings is 1. The number of alkyl halides is 1. The molecule has 3 heteroatoms. The zero-order valence-corrected chi connectivity index (χ0v) is 9.85. The third-order valence-corrected chi connectivity index (χ3v) is 2.71. The molecule has 0 saturated carbocycles. The maximum atomic E-state index is 5.18. The molecule has 0 aliphatic heterocycles. The first kappa shape index (κ1) is 9.32. The van der Waals surface area contributed by atoms with Crippen LogP contribution in [0.15, 0.2) is 22.7 Å². The number of hydrogen-bond donors (Lipinski definition) is 0. The van der Waals surface area contributed by atoms with Crippen molar-refractivity contribution in [1.29, 1.82) is 0 Å². The molecule has 0 N–H and O–H groups in total. The standard InChI is InChI=1S/C8H8BrIO/c1-11-8-4-7(9)3-2-6(8)5-10/h2-4H,5H2,1H3. The lowest BCUT2D eigenvalue weighted by atomic mass is 10.2. The summed E-state index contributed by atoms with van der Waals surface area (Å²) in [5, 5.41) is 0. The van der Waals surface area contributed by atoms with Crippen molar-refractivity contribution in [2.75, 3.05) is 7.11 Å². The molecule has 0 bridgehead atoms. The summed E-state index contributed by atoms with van der Waals surface area (Å²) in [6.45, 7) is 0. The second-order valence-electron chi connectivity index (χ2n) is 2.09. The van der Waals surface area contributed by atoms with E-state index in [2.05, 4.69) is 44.6 Å². The number of methoxy groups -OCH3 is 1. The molecule has 0 spiro atoms. The van der Waals surface area contributed by atoms with Crippen LogP contribution in [0.25, 0.3) is 0 Å². The van der Waals surface area contributed by atoms with Gasteiger partial charge in [0.05, 0.1) is 7.11 Å². The summed E-state index contributed by atoms with van der Waals surface area (Å²) >= 11 is 5.70.